The summed E-state index contributed by atoms with van der Waals surface area (Å²) in [7, 11) is 0. The minimum absolute atomic E-state index is 0.0812. The zero-order valence-corrected chi connectivity index (χ0v) is 14.9. The number of urea groups is 1. The van der Waals surface area contributed by atoms with Gasteiger partial charge in [0.15, 0.2) is 0 Å². The van der Waals surface area contributed by atoms with E-state index in [0.717, 1.165) is 0 Å². The highest BCUT2D eigenvalue weighted by atomic mass is 16.6. The number of imide groups is 1. The van der Waals surface area contributed by atoms with Gasteiger partial charge in [0.25, 0.3) is 0 Å². The summed E-state index contributed by atoms with van der Waals surface area (Å²) in [5.41, 5.74) is 3.79. The molecule has 23 heavy (non-hydrogen) atoms. The summed E-state index contributed by atoms with van der Waals surface area (Å²) in [6, 6.07) is -0.894. The number of hydrogen-bond donors (Lipinski definition) is 4. The number of amides is 4. The van der Waals surface area contributed by atoms with Crippen LogP contribution in [0.2, 0.25) is 0 Å². The van der Waals surface area contributed by atoms with Crippen molar-refractivity contribution in [2.45, 2.75) is 59.1 Å². The fourth-order valence-electron chi connectivity index (χ4n) is 2.16. The number of rotatable bonds is 7. The lowest BCUT2D eigenvalue weighted by atomic mass is 9.90. The summed E-state index contributed by atoms with van der Waals surface area (Å²) in [6.07, 6.45) is 0.197. The molecule has 0 saturated carbocycles. The lowest BCUT2D eigenvalue weighted by molar-refractivity contribution is -0.119. The van der Waals surface area contributed by atoms with Crippen molar-refractivity contribution in [1.29, 1.82) is 0 Å². The van der Waals surface area contributed by atoms with Crippen molar-refractivity contribution in [1.82, 2.24) is 16.0 Å². The maximum absolute atomic E-state index is 11.8. The Labute approximate surface area is 137 Å². The van der Waals surface area contributed by atoms with Gasteiger partial charge in [0, 0.05) is 12.1 Å². The number of nitrogens with two attached hydrogens (primary N) is 1. The third-order valence-electron chi connectivity index (χ3n) is 2.82. The molecule has 0 radical (unpaired) electrons. The molecule has 8 heteroatoms. The first kappa shape index (κ1) is 21.2. The minimum Gasteiger partial charge on any atom is -0.444 e. The van der Waals surface area contributed by atoms with Crippen LogP contribution in [0.25, 0.3) is 0 Å². The molecular formula is C15H30N4O4. The lowest BCUT2D eigenvalue weighted by Gasteiger charge is -2.33. The zero-order valence-electron chi connectivity index (χ0n) is 14.9. The highest BCUT2D eigenvalue weighted by Gasteiger charge is 2.27. The Morgan fingerprint density at radius 3 is 2.13 bits per heavy atom. The van der Waals surface area contributed by atoms with E-state index in [1.807, 2.05) is 26.1 Å². The van der Waals surface area contributed by atoms with E-state index >= 15 is 0 Å². The molecule has 1 atom stereocenters. The van der Waals surface area contributed by atoms with Crippen LogP contribution in [0.4, 0.5) is 9.59 Å². The standard InChI is InChI=1S/C15H30N4O4/c1-10(2)7-15(6,18-8-11(20)19-12(16)21)9-17-13(22)23-14(3,4)5/h10,18H,7-9H2,1-6H3,(H,17,22)(H3,16,19,20,21). The third-order valence-corrected chi connectivity index (χ3v) is 2.82. The zero-order chi connectivity index (χ0) is 18.3. The quantitative estimate of drug-likeness (QED) is 0.557. The third kappa shape index (κ3) is 11.4. The van der Waals surface area contributed by atoms with Gasteiger partial charge in [-0.25, -0.2) is 9.59 Å². The Morgan fingerprint density at radius 2 is 1.70 bits per heavy atom. The second-order valence-corrected chi connectivity index (χ2v) is 7.28. The van der Waals surface area contributed by atoms with Crippen molar-refractivity contribution < 1.29 is 19.1 Å². The number of nitrogens with one attached hydrogen (secondary N) is 3. The first-order chi connectivity index (χ1) is 10.3. The summed E-state index contributed by atoms with van der Waals surface area (Å²) >= 11 is 0. The van der Waals surface area contributed by atoms with Crippen LogP contribution in [0.1, 0.15) is 48.0 Å². The van der Waals surface area contributed by atoms with Crippen LogP contribution in [-0.2, 0) is 9.53 Å². The van der Waals surface area contributed by atoms with Gasteiger partial charge in [-0.2, -0.15) is 0 Å². The SMILES string of the molecule is CC(C)CC(C)(CNC(=O)OC(C)(C)C)NCC(=O)NC(N)=O. The molecule has 0 aromatic rings. The van der Waals surface area contributed by atoms with Gasteiger partial charge in [-0.05, 0) is 40.0 Å². The number of alkyl carbamates (subject to hydrolysis) is 1. The van der Waals surface area contributed by atoms with Crippen LogP contribution < -0.4 is 21.7 Å². The summed E-state index contributed by atoms with van der Waals surface area (Å²) in [5.74, 6) is -0.183. The molecule has 0 spiro atoms. The maximum atomic E-state index is 11.8. The molecule has 4 amide bonds. The average Bonchev–Trinajstić information content (AvgIpc) is 2.30. The van der Waals surface area contributed by atoms with Crippen LogP contribution in [0.5, 0.6) is 0 Å². The Balaban J connectivity index is 4.62. The monoisotopic (exact) mass is 330 g/mol. The fraction of sp³-hybridized carbons (Fsp3) is 0.800. The molecule has 0 heterocycles. The predicted octanol–water partition coefficient (Wildman–Crippen LogP) is 1.10. The second-order valence-electron chi connectivity index (χ2n) is 7.28. The minimum atomic E-state index is -0.894. The molecule has 8 nitrogen and oxygen atoms in total. The molecule has 1 unspecified atom stereocenters. The van der Waals surface area contributed by atoms with Gasteiger partial charge in [-0.1, -0.05) is 13.8 Å². The fourth-order valence-corrected chi connectivity index (χ4v) is 2.16. The highest BCUT2D eigenvalue weighted by molar-refractivity contribution is 5.94. The van der Waals surface area contributed by atoms with Crippen molar-refractivity contribution >= 4 is 18.0 Å². The van der Waals surface area contributed by atoms with E-state index in [-0.39, 0.29) is 13.1 Å². The van der Waals surface area contributed by atoms with Gasteiger partial charge < -0.3 is 21.1 Å². The summed E-state index contributed by atoms with van der Waals surface area (Å²) < 4.78 is 5.20. The van der Waals surface area contributed by atoms with Crippen molar-refractivity contribution in [2.75, 3.05) is 13.1 Å². The van der Waals surface area contributed by atoms with Crippen LogP contribution in [0, 0.1) is 5.92 Å². The summed E-state index contributed by atoms with van der Waals surface area (Å²) in [6.45, 7) is 11.5. The van der Waals surface area contributed by atoms with E-state index in [4.69, 9.17) is 10.5 Å². The molecule has 0 aliphatic carbocycles. The molecule has 0 aromatic heterocycles. The van der Waals surface area contributed by atoms with Crippen LogP contribution in [-0.4, -0.2) is 42.3 Å². The van der Waals surface area contributed by atoms with Gasteiger partial charge in [0.05, 0.1) is 6.54 Å². The molecule has 0 fully saturated rings. The number of ether oxygens (including phenoxy) is 1. The van der Waals surface area contributed by atoms with E-state index in [0.29, 0.717) is 12.3 Å². The van der Waals surface area contributed by atoms with Crippen LogP contribution in [0.15, 0.2) is 0 Å². The van der Waals surface area contributed by atoms with Gasteiger partial charge in [-0.15, -0.1) is 0 Å². The largest absolute Gasteiger partial charge is 0.444 e. The first-order valence-corrected chi connectivity index (χ1v) is 7.64. The van der Waals surface area contributed by atoms with Gasteiger partial charge in [0.1, 0.15) is 5.60 Å². The van der Waals surface area contributed by atoms with Crippen LogP contribution >= 0.6 is 0 Å². The molecule has 0 rings (SSSR count). The Kier molecular flexibility index (Phi) is 8.02. The molecule has 0 aliphatic heterocycles. The molecule has 5 N–H and O–H groups in total. The topological polar surface area (TPSA) is 123 Å². The number of hydrogen-bond acceptors (Lipinski definition) is 5. The van der Waals surface area contributed by atoms with E-state index in [2.05, 4.69) is 10.6 Å². The highest BCUT2D eigenvalue weighted by Crippen LogP contribution is 2.16. The average molecular weight is 330 g/mol. The maximum Gasteiger partial charge on any atom is 0.407 e. The molecule has 0 aliphatic rings. The molecule has 0 saturated heterocycles. The number of carbonyl (C=O) groups excluding carboxylic acids is 3. The predicted molar refractivity (Wildman–Crippen MR) is 87.8 cm³/mol. The summed E-state index contributed by atoms with van der Waals surface area (Å²) in [5, 5.41) is 7.75. The number of primary amides is 1. The first-order valence-electron chi connectivity index (χ1n) is 7.64. The lowest BCUT2D eigenvalue weighted by Crippen LogP contribution is -2.55. The second kappa shape index (κ2) is 8.71. The molecule has 0 aromatic carbocycles. The van der Waals surface area contributed by atoms with Crippen molar-refractivity contribution in [3.8, 4) is 0 Å². The Morgan fingerprint density at radius 1 is 1.13 bits per heavy atom. The van der Waals surface area contributed by atoms with E-state index in [1.54, 1.807) is 20.8 Å². The smallest absolute Gasteiger partial charge is 0.407 e. The Bertz CT molecular complexity index is 432. The number of carbonyl (C=O) groups is 3. The molecular weight excluding hydrogens is 300 g/mol. The van der Waals surface area contributed by atoms with Gasteiger partial charge in [0.2, 0.25) is 5.91 Å². The molecule has 134 valence electrons. The normalized spacial score (nSPS) is 14.0. The summed E-state index contributed by atoms with van der Waals surface area (Å²) in [4.78, 5) is 33.9. The van der Waals surface area contributed by atoms with E-state index in [9.17, 15) is 14.4 Å². The van der Waals surface area contributed by atoms with Crippen molar-refractivity contribution in [3.63, 3.8) is 0 Å². The van der Waals surface area contributed by atoms with Crippen LogP contribution in [0.3, 0.4) is 0 Å². The van der Waals surface area contributed by atoms with E-state index in [1.165, 1.54) is 0 Å². The van der Waals surface area contributed by atoms with E-state index < -0.39 is 29.2 Å². The van der Waals surface area contributed by atoms with Crippen molar-refractivity contribution in [3.05, 3.63) is 0 Å². The Hall–Kier alpha value is -1.83. The van der Waals surface area contributed by atoms with Gasteiger partial charge in [-0.3, -0.25) is 10.1 Å². The van der Waals surface area contributed by atoms with Crippen molar-refractivity contribution in [2.24, 2.45) is 11.7 Å². The van der Waals surface area contributed by atoms with Gasteiger partial charge >= 0.3 is 12.1 Å². The molecule has 0 bridgehead atoms.